The summed E-state index contributed by atoms with van der Waals surface area (Å²) in [5.74, 6) is -0.833. The first-order valence-corrected chi connectivity index (χ1v) is 13.8. The van der Waals surface area contributed by atoms with Crippen LogP contribution in [0.15, 0.2) is 48.6 Å². The summed E-state index contributed by atoms with van der Waals surface area (Å²) in [7, 11) is 0. The first-order valence-electron chi connectivity index (χ1n) is 13.8. The van der Waals surface area contributed by atoms with Gasteiger partial charge >= 0.3 is 0 Å². The lowest BCUT2D eigenvalue weighted by Gasteiger charge is -2.24. The van der Waals surface area contributed by atoms with Crippen LogP contribution in [0.1, 0.15) is 17.5 Å². The number of nitrogens with zero attached hydrogens (tertiary/aromatic N) is 3. The lowest BCUT2D eigenvalue weighted by atomic mass is 10.0. The molecule has 3 fully saturated rings. The number of anilines is 2. The van der Waals surface area contributed by atoms with E-state index in [0.29, 0.717) is 85.2 Å². The summed E-state index contributed by atoms with van der Waals surface area (Å²) in [5.41, 5.74) is 2.24. The number of carbonyl (C=O) groups is 1. The summed E-state index contributed by atoms with van der Waals surface area (Å²) in [5, 5.41) is 3.83. The smallest absolute Gasteiger partial charge is 0.195 e. The SMILES string of the molecule is Cc1cc(Nc2ncnc3cc(O[C@H]4CCOC4)c(CC(=O)/C(F)=C\CN4C[C@@H]5OCCO[C@@H]5C4)cc23)ccc1F. The van der Waals surface area contributed by atoms with Crippen LogP contribution in [0.25, 0.3) is 10.9 Å². The molecule has 0 unspecified atom stereocenters. The Labute approximate surface area is 236 Å². The Bertz CT molecular complexity index is 1450. The van der Waals surface area contributed by atoms with E-state index in [-0.39, 0.29) is 37.1 Å². The number of likely N-dealkylation sites (tertiary alicyclic amines) is 1. The Balaban J connectivity index is 1.24. The van der Waals surface area contributed by atoms with Gasteiger partial charge in [-0.05, 0) is 42.8 Å². The average molecular weight is 567 g/mol. The molecule has 3 aromatic rings. The van der Waals surface area contributed by atoms with E-state index < -0.39 is 11.6 Å². The van der Waals surface area contributed by atoms with Gasteiger partial charge in [-0.25, -0.2) is 18.7 Å². The molecule has 0 spiro atoms. The van der Waals surface area contributed by atoms with E-state index in [1.807, 2.05) is 4.90 Å². The predicted octanol–water partition coefficient (Wildman–Crippen LogP) is 4.05. The molecule has 0 radical (unpaired) electrons. The van der Waals surface area contributed by atoms with Crippen molar-refractivity contribution in [2.75, 3.05) is 51.4 Å². The third-order valence-electron chi connectivity index (χ3n) is 7.60. The number of rotatable bonds is 9. The minimum Gasteiger partial charge on any atom is -0.488 e. The van der Waals surface area contributed by atoms with Crippen LogP contribution in [0, 0.1) is 12.7 Å². The lowest BCUT2D eigenvalue weighted by Crippen LogP contribution is -2.36. The van der Waals surface area contributed by atoms with Gasteiger partial charge in [0.2, 0.25) is 0 Å². The van der Waals surface area contributed by atoms with E-state index >= 15 is 4.39 Å². The number of Topliss-reactive ketones (excluding diaryl/α,β-unsaturated/α-hetero) is 1. The molecule has 4 heterocycles. The van der Waals surface area contributed by atoms with Crippen molar-refractivity contribution in [3.63, 3.8) is 0 Å². The molecule has 1 aromatic heterocycles. The fourth-order valence-electron chi connectivity index (χ4n) is 5.39. The molecule has 0 bridgehead atoms. The molecule has 0 aliphatic carbocycles. The Morgan fingerprint density at radius 1 is 1.15 bits per heavy atom. The van der Waals surface area contributed by atoms with Crippen molar-refractivity contribution in [2.24, 2.45) is 0 Å². The fraction of sp³-hybridized carbons (Fsp3) is 0.433. The quantitative estimate of drug-likeness (QED) is 0.385. The average Bonchev–Trinajstić information content (AvgIpc) is 3.64. The largest absolute Gasteiger partial charge is 0.488 e. The summed E-state index contributed by atoms with van der Waals surface area (Å²) in [4.78, 5) is 23.8. The zero-order chi connectivity index (χ0) is 28.3. The summed E-state index contributed by atoms with van der Waals surface area (Å²) < 4.78 is 52.0. The predicted molar refractivity (Wildman–Crippen MR) is 148 cm³/mol. The van der Waals surface area contributed by atoms with Gasteiger partial charge < -0.3 is 24.3 Å². The standard InChI is InChI=1S/C30H32F2N4O5/c1-18-10-20(2-3-23(18)31)35-30-22-11-19(27(13-25(22)33-17-34-30)41-21-5-7-38-16-21)12-26(37)24(32)4-6-36-14-28-29(15-36)40-9-8-39-28/h2-4,10-11,13,17,21,28-29H,5-9,12,14-16H2,1H3,(H,33,34,35)/b24-4+/t21-,28-,29+/m0/s1. The van der Waals surface area contributed by atoms with Crippen molar-refractivity contribution in [3.05, 3.63) is 65.5 Å². The molecule has 0 amide bonds. The van der Waals surface area contributed by atoms with Gasteiger partial charge in [0.15, 0.2) is 11.6 Å². The molecule has 6 rings (SSSR count). The van der Waals surface area contributed by atoms with Gasteiger partial charge in [0, 0.05) is 55.2 Å². The summed E-state index contributed by atoms with van der Waals surface area (Å²) in [6.07, 6.45) is 3.04. The Kier molecular flexibility index (Phi) is 8.20. The number of benzene rings is 2. The van der Waals surface area contributed by atoms with Crippen molar-refractivity contribution in [1.29, 1.82) is 0 Å². The molecule has 3 saturated heterocycles. The molecule has 2 aromatic carbocycles. The number of aryl methyl sites for hydroxylation is 1. The maximum Gasteiger partial charge on any atom is 0.195 e. The van der Waals surface area contributed by atoms with Gasteiger partial charge in [-0.15, -0.1) is 0 Å². The normalized spacial score (nSPS) is 23.1. The van der Waals surface area contributed by atoms with Crippen molar-refractivity contribution < 1.29 is 32.5 Å². The van der Waals surface area contributed by atoms with E-state index in [1.165, 1.54) is 18.5 Å². The Hall–Kier alpha value is -3.51. The first kappa shape index (κ1) is 27.6. The first-order chi connectivity index (χ1) is 19.9. The highest BCUT2D eigenvalue weighted by molar-refractivity contribution is 5.97. The van der Waals surface area contributed by atoms with Gasteiger partial charge in [0.05, 0.1) is 44.2 Å². The van der Waals surface area contributed by atoms with E-state index in [2.05, 4.69) is 15.3 Å². The highest BCUT2D eigenvalue weighted by atomic mass is 19.1. The molecule has 9 nitrogen and oxygen atoms in total. The van der Waals surface area contributed by atoms with Gasteiger partial charge in [0.1, 0.15) is 29.8 Å². The van der Waals surface area contributed by atoms with E-state index in [4.69, 9.17) is 18.9 Å². The van der Waals surface area contributed by atoms with E-state index in [1.54, 1.807) is 31.2 Å². The number of hydrogen-bond acceptors (Lipinski definition) is 9. The highest BCUT2D eigenvalue weighted by Crippen LogP contribution is 2.32. The molecule has 1 N–H and O–H groups in total. The molecular weight excluding hydrogens is 534 g/mol. The number of ether oxygens (including phenoxy) is 4. The van der Waals surface area contributed by atoms with Gasteiger partial charge in [-0.3, -0.25) is 9.69 Å². The van der Waals surface area contributed by atoms with Crippen molar-refractivity contribution in [3.8, 4) is 5.75 Å². The number of nitrogens with one attached hydrogen (secondary N) is 1. The third kappa shape index (κ3) is 6.38. The second kappa shape index (κ2) is 12.2. The zero-order valence-electron chi connectivity index (χ0n) is 22.8. The molecule has 3 aliphatic heterocycles. The van der Waals surface area contributed by atoms with Crippen LogP contribution in [0.5, 0.6) is 5.75 Å². The fourth-order valence-corrected chi connectivity index (χ4v) is 5.39. The number of aromatic nitrogens is 2. The minimum atomic E-state index is -0.804. The molecule has 3 atom stereocenters. The van der Waals surface area contributed by atoms with Crippen LogP contribution in [-0.2, 0) is 25.4 Å². The third-order valence-corrected chi connectivity index (χ3v) is 7.60. The molecule has 41 heavy (non-hydrogen) atoms. The summed E-state index contributed by atoms with van der Waals surface area (Å²) in [6.45, 7) is 5.39. The summed E-state index contributed by atoms with van der Waals surface area (Å²) >= 11 is 0. The molecular formula is C30H32F2N4O5. The van der Waals surface area contributed by atoms with Crippen molar-refractivity contribution in [1.82, 2.24) is 14.9 Å². The maximum atomic E-state index is 15.1. The van der Waals surface area contributed by atoms with Crippen molar-refractivity contribution in [2.45, 2.75) is 38.1 Å². The van der Waals surface area contributed by atoms with Gasteiger partial charge in [-0.2, -0.15) is 0 Å². The van der Waals surface area contributed by atoms with Crippen LogP contribution in [0.3, 0.4) is 0 Å². The second-order valence-corrected chi connectivity index (χ2v) is 10.6. The second-order valence-electron chi connectivity index (χ2n) is 10.6. The molecule has 216 valence electrons. The lowest BCUT2D eigenvalue weighted by molar-refractivity contribution is -0.116. The van der Waals surface area contributed by atoms with E-state index in [9.17, 15) is 9.18 Å². The number of hydrogen-bond donors (Lipinski definition) is 1. The van der Waals surface area contributed by atoms with Gasteiger partial charge in [-0.1, -0.05) is 0 Å². The molecule has 3 aliphatic rings. The van der Waals surface area contributed by atoms with E-state index in [0.717, 1.165) is 0 Å². The Morgan fingerprint density at radius 2 is 1.95 bits per heavy atom. The monoisotopic (exact) mass is 566 g/mol. The van der Waals surface area contributed by atoms with Crippen LogP contribution >= 0.6 is 0 Å². The molecule has 0 saturated carbocycles. The van der Waals surface area contributed by atoms with Crippen LogP contribution in [-0.4, -0.2) is 85.0 Å². The Morgan fingerprint density at radius 3 is 2.68 bits per heavy atom. The van der Waals surface area contributed by atoms with Crippen LogP contribution in [0.2, 0.25) is 0 Å². The van der Waals surface area contributed by atoms with Gasteiger partial charge in [0.25, 0.3) is 0 Å². The zero-order valence-corrected chi connectivity index (χ0v) is 22.8. The number of carbonyl (C=O) groups excluding carboxylic acids is 1. The van der Waals surface area contributed by atoms with Crippen LogP contribution in [0.4, 0.5) is 20.3 Å². The molecule has 11 heteroatoms. The number of ketones is 1. The number of allylic oxidation sites excluding steroid dienone is 1. The number of halogens is 2. The highest BCUT2D eigenvalue weighted by Gasteiger charge is 2.36. The summed E-state index contributed by atoms with van der Waals surface area (Å²) in [6, 6.07) is 8.17. The van der Waals surface area contributed by atoms with Crippen LogP contribution < -0.4 is 10.1 Å². The number of fused-ring (bicyclic) bond motifs is 2. The van der Waals surface area contributed by atoms with Crippen molar-refractivity contribution >= 4 is 28.2 Å². The topological polar surface area (TPSA) is 95.0 Å². The minimum absolute atomic E-state index is 0.0170. The maximum absolute atomic E-state index is 15.1.